The summed E-state index contributed by atoms with van der Waals surface area (Å²) in [6, 6.07) is 9.54. The first kappa shape index (κ1) is 19.2. The molecule has 0 aliphatic rings. The van der Waals surface area contributed by atoms with Crippen molar-refractivity contribution in [2.24, 2.45) is 0 Å². The summed E-state index contributed by atoms with van der Waals surface area (Å²) in [6.07, 6.45) is 4.50. The zero-order chi connectivity index (χ0) is 17.5. The first-order chi connectivity index (χ1) is 10.8. The van der Waals surface area contributed by atoms with Crippen LogP contribution in [0.4, 0.5) is 0 Å². The molecule has 0 heterocycles. The van der Waals surface area contributed by atoms with E-state index in [4.69, 9.17) is 4.74 Å². The van der Waals surface area contributed by atoms with Crippen LogP contribution in [0.2, 0.25) is 0 Å². The van der Waals surface area contributed by atoms with E-state index in [9.17, 15) is 4.79 Å². The van der Waals surface area contributed by atoms with Gasteiger partial charge in [0.2, 0.25) is 0 Å². The number of carbonyl (C=O) groups excluding carboxylic acids is 1. The van der Waals surface area contributed by atoms with Crippen LogP contribution in [0.3, 0.4) is 0 Å². The number of carbonyl (C=O) groups is 1. The maximum Gasteiger partial charge on any atom is 0.324 e. The number of nitrogens with zero attached hydrogens (tertiary/aromatic N) is 1. The van der Waals surface area contributed by atoms with Crippen LogP contribution in [-0.2, 0) is 9.53 Å². The van der Waals surface area contributed by atoms with E-state index in [0.717, 1.165) is 18.5 Å². The predicted octanol–water partition coefficient (Wildman–Crippen LogP) is 4.17. The van der Waals surface area contributed by atoms with Gasteiger partial charge in [-0.2, -0.15) is 0 Å². The molecule has 0 aliphatic carbocycles. The lowest BCUT2D eigenvalue weighted by Gasteiger charge is -2.34. The summed E-state index contributed by atoms with van der Waals surface area (Å²) in [7, 11) is 1.94. The fraction of sp³-hybridized carbons (Fsp3) is 0.450. The van der Waals surface area contributed by atoms with Crippen molar-refractivity contribution in [2.75, 3.05) is 13.6 Å². The molecule has 0 fully saturated rings. The van der Waals surface area contributed by atoms with Gasteiger partial charge in [-0.1, -0.05) is 42.5 Å². The van der Waals surface area contributed by atoms with Crippen molar-refractivity contribution in [3.63, 3.8) is 0 Å². The van der Waals surface area contributed by atoms with Crippen LogP contribution in [-0.4, -0.2) is 36.1 Å². The molecule has 0 N–H and O–H groups in total. The van der Waals surface area contributed by atoms with Crippen molar-refractivity contribution in [2.45, 2.75) is 44.8 Å². The number of rotatable bonds is 8. The highest BCUT2D eigenvalue weighted by Gasteiger charge is 2.34. The van der Waals surface area contributed by atoms with Gasteiger partial charge in [0.1, 0.15) is 11.6 Å². The van der Waals surface area contributed by atoms with Crippen LogP contribution in [0.25, 0.3) is 0 Å². The Kier molecular flexibility index (Phi) is 7.24. The number of benzene rings is 1. The van der Waals surface area contributed by atoms with Crippen molar-refractivity contribution in [3.05, 3.63) is 61.2 Å². The van der Waals surface area contributed by atoms with Crippen LogP contribution in [0.5, 0.6) is 0 Å². The van der Waals surface area contributed by atoms with Gasteiger partial charge in [-0.15, -0.1) is 13.2 Å². The van der Waals surface area contributed by atoms with E-state index in [1.54, 1.807) is 0 Å². The third kappa shape index (κ3) is 6.03. The van der Waals surface area contributed by atoms with Crippen molar-refractivity contribution in [1.29, 1.82) is 0 Å². The Morgan fingerprint density at radius 3 is 2.35 bits per heavy atom. The fourth-order valence-electron chi connectivity index (χ4n) is 2.52. The van der Waals surface area contributed by atoms with E-state index < -0.39 is 11.6 Å². The molecule has 1 aromatic carbocycles. The summed E-state index contributed by atoms with van der Waals surface area (Å²) >= 11 is 0. The molecule has 1 rings (SSSR count). The Balaban J connectivity index is 3.12. The Bertz CT molecular complexity index is 516. The quantitative estimate of drug-likeness (QED) is 0.532. The second kappa shape index (κ2) is 8.68. The number of esters is 1. The van der Waals surface area contributed by atoms with Crippen LogP contribution >= 0.6 is 0 Å². The predicted molar refractivity (Wildman–Crippen MR) is 96.5 cm³/mol. The molecular formula is C20H29NO2. The largest absolute Gasteiger partial charge is 0.459 e. The second-order valence-electron chi connectivity index (χ2n) is 6.71. The highest BCUT2D eigenvalue weighted by atomic mass is 16.6. The molecule has 2 atom stereocenters. The molecule has 0 bridgehead atoms. The monoisotopic (exact) mass is 315 g/mol. The summed E-state index contributed by atoms with van der Waals surface area (Å²) < 4.78 is 5.65. The zero-order valence-electron chi connectivity index (χ0n) is 14.8. The minimum absolute atomic E-state index is 0.124. The van der Waals surface area contributed by atoms with Crippen molar-refractivity contribution >= 4 is 5.97 Å². The van der Waals surface area contributed by atoms with Crippen LogP contribution in [0, 0.1) is 0 Å². The molecule has 0 saturated carbocycles. The van der Waals surface area contributed by atoms with E-state index in [1.165, 1.54) is 0 Å². The molecule has 23 heavy (non-hydrogen) atoms. The molecular weight excluding hydrogens is 286 g/mol. The van der Waals surface area contributed by atoms with E-state index in [2.05, 4.69) is 13.2 Å². The van der Waals surface area contributed by atoms with Gasteiger partial charge in [-0.05, 0) is 39.8 Å². The highest BCUT2D eigenvalue weighted by Crippen LogP contribution is 2.26. The highest BCUT2D eigenvalue weighted by molar-refractivity contribution is 5.78. The second-order valence-corrected chi connectivity index (χ2v) is 6.71. The average Bonchev–Trinajstić information content (AvgIpc) is 2.49. The average molecular weight is 315 g/mol. The fourth-order valence-corrected chi connectivity index (χ4v) is 2.52. The van der Waals surface area contributed by atoms with Crippen molar-refractivity contribution in [3.8, 4) is 0 Å². The minimum Gasteiger partial charge on any atom is -0.459 e. The third-order valence-electron chi connectivity index (χ3n) is 3.59. The molecule has 0 aromatic heterocycles. The number of likely N-dealkylation sites (N-methyl/N-ethyl adjacent to an activating group) is 1. The first-order valence-electron chi connectivity index (χ1n) is 8.01. The number of hydrogen-bond donors (Lipinski definition) is 0. The van der Waals surface area contributed by atoms with E-state index in [0.29, 0.717) is 0 Å². The van der Waals surface area contributed by atoms with Crippen LogP contribution in [0.15, 0.2) is 55.6 Å². The number of ether oxygens (including phenoxy) is 1. The zero-order valence-corrected chi connectivity index (χ0v) is 14.8. The molecule has 0 spiro atoms. The standard InChI is InChI=1S/C20H29NO2/c1-7-9-15-21(6)18(19(22)23-20(3,4)5)17(8-2)16-13-11-10-12-14-16/h7-8,10-14,17-18H,1-2,9,15H2,3-6H3/t17-,18+/m1/s1. The van der Waals surface area contributed by atoms with E-state index in [1.807, 2.05) is 75.2 Å². The van der Waals surface area contributed by atoms with Crippen molar-refractivity contribution < 1.29 is 9.53 Å². The van der Waals surface area contributed by atoms with Crippen LogP contribution in [0.1, 0.15) is 38.7 Å². The van der Waals surface area contributed by atoms with Gasteiger partial charge < -0.3 is 4.74 Å². The summed E-state index contributed by atoms with van der Waals surface area (Å²) in [5.74, 6) is -0.348. The first-order valence-corrected chi connectivity index (χ1v) is 8.01. The molecule has 0 amide bonds. The Labute approximate surface area is 140 Å². The maximum absolute atomic E-state index is 12.8. The maximum atomic E-state index is 12.8. The number of hydrogen-bond acceptors (Lipinski definition) is 3. The molecule has 126 valence electrons. The lowest BCUT2D eigenvalue weighted by atomic mass is 9.90. The van der Waals surface area contributed by atoms with Gasteiger partial charge in [-0.3, -0.25) is 9.69 Å². The van der Waals surface area contributed by atoms with Crippen molar-refractivity contribution in [1.82, 2.24) is 4.90 Å². The minimum atomic E-state index is -0.517. The lowest BCUT2D eigenvalue weighted by molar-refractivity contribution is -0.161. The SMILES string of the molecule is C=CCCN(C)[C@H](C(=O)OC(C)(C)C)[C@H](C=C)c1ccccc1. The Morgan fingerprint density at radius 2 is 1.87 bits per heavy atom. The van der Waals surface area contributed by atoms with Gasteiger partial charge >= 0.3 is 5.97 Å². The summed E-state index contributed by atoms with van der Waals surface area (Å²) in [5.41, 5.74) is 0.542. The van der Waals surface area contributed by atoms with E-state index in [-0.39, 0.29) is 11.9 Å². The Hall–Kier alpha value is -1.87. The van der Waals surface area contributed by atoms with Gasteiger partial charge in [-0.25, -0.2) is 0 Å². The van der Waals surface area contributed by atoms with Gasteiger partial charge in [0, 0.05) is 12.5 Å². The van der Waals surface area contributed by atoms with Crippen LogP contribution < -0.4 is 0 Å². The normalized spacial score (nSPS) is 14.1. The molecule has 1 aromatic rings. The van der Waals surface area contributed by atoms with E-state index >= 15 is 0 Å². The summed E-state index contributed by atoms with van der Waals surface area (Å²) in [6.45, 7) is 14.1. The van der Waals surface area contributed by atoms with Gasteiger partial charge in [0.05, 0.1) is 0 Å². The molecule has 0 aliphatic heterocycles. The van der Waals surface area contributed by atoms with Gasteiger partial charge in [0.25, 0.3) is 0 Å². The molecule has 3 heteroatoms. The molecule has 0 unspecified atom stereocenters. The molecule has 0 saturated heterocycles. The lowest BCUT2D eigenvalue weighted by Crippen LogP contribution is -2.46. The summed E-state index contributed by atoms with van der Waals surface area (Å²) in [4.78, 5) is 14.8. The third-order valence-corrected chi connectivity index (χ3v) is 3.59. The molecule has 0 radical (unpaired) electrons. The molecule has 3 nitrogen and oxygen atoms in total. The van der Waals surface area contributed by atoms with Gasteiger partial charge in [0.15, 0.2) is 0 Å². The Morgan fingerprint density at radius 1 is 1.26 bits per heavy atom. The summed E-state index contributed by atoms with van der Waals surface area (Å²) in [5, 5.41) is 0. The smallest absolute Gasteiger partial charge is 0.324 e. The topological polar surface area (TPSA) is 29.5 Å².